The summed E-state index contributed by atoms with van der Waals surface area (Å²) in [5.41, 5.74) is 2.07. The van der Waals surface area contributed by atoms with Gasteiger partial charge in [0.2, 0.25) is 11.8 Å². The summed E-state index contributed by atoms with van der Waals surface area (Å²) in [6, 6.07) is 7.13. The van der Waals surface area contributed by atoms with Crippen molar-refractivity contribution >= 4 is 17.5 Å². The molecule has 0 radical (unpaired) electrons. The van der Waals surface area contributed by atoms with E-state index >= 15 is 0 Å². The number of allylic oxidation sites excluding steroid dienone is 1. The van der Waals surface area contributed by atoms with Gasteiger partial charge in [-0.1, -0.05) is 11.6 Å². The number of amides is 2. The Morgan fingerprint density at radius 1 is 1.12 bits per heavy atom. The third-order valence-corrected chi connectivity index (χ3v) is 3.98. The molecule has 0 unspecified atom stereocenters. The van der Waals surface area contributed by atoms with Crippen molar-refractivity contribution in [3.63, 3.8) is 0 Å². The molecule has 136 valence electrons. The number of hydrogen-bond acceptors (Lipinski definition) is 3. The summed E-state index contributed by atoms with van der Waals surface area (Å²) in [5.74, 6) is 0.198. The van der Waals surface area contributed by atoms with Gasteiger partial charge in [-0.25, -0.2) is 0 Å². The van der Waals surface area contributed by atoms with E-state index < -0.39 is 0 Å². The first-order valence-electron chi connectivity index (χ1n) is 9.04. The van der Waals surface area contributed by atoms with E-state index in [0.717, 1.165) is 25.0 Å². The fourth-order valence-electron chi connectivity index (χ4n) is 2.80. The van der Waals surface area contributed by atoms with Crippen LogP contribution < -0.4 is 15.4 Å². The van der Waals surface area contributed by atoms with Crippen molar-refractivity contribution in [2.75, 3.05) is 11.9 Å². The maximum atomic E-state index is 11.9. The third kappa shape index (κ3) is 7.42. The Morgan fingerprint density at radius 2 is 1.88 bits per heavy atom. The highest BCUT2D eigenvalue weighted by molar-refractivity contribution is 6.03. The summed E-state index contributed by atoms with van der Waals surface area (Å²) in [7, 11) is 0. The van der Waals surface area contributed by atoms with Gasteiger partial charge in [-0.3, -0.25) is 9.59 Å². The Labute approximate surface area is 149 Å². The molecule has 0 bridgehead atoms. The van der Waals surface area contributed by atoms with E-state index in [4.69, 9.17) is 4.74 Å². The maximum absolute atomic E-state index is 11.9. The summed E-state index contributed by atoms with van der Waals surface area (Å²) in [4.78, 5) is 23.8. The largest absolute Gasteiger partial charge is 0.491 e. The van der Waals surface area contributed by atoms with E-state index in [9.17, 15) is 9.59 Å². The van der Waals surface area contributed by atoms with Crippen molar-refractivity contribution in [2.45, 2.75) is 58.5 Å². The van der Waals surface area contributed by atoms with E-state index in [1.54, 1.807) is 24.3 Å². The molecule has 0 atom stereocenters. The lowest BCUT2D eigenvalue weighted by Gasteiger charge is -2.13. The van der Waals surface area contributed by atoms with Crippen LogP contribution in [0.1, 0.15) is 52.4 Å². The molecule has 2 N–H and O–H groups in total. The predicted molar refractivity (Wildman–Crippen MR) is 99.6 cm³/mol. The van der Waals surface area contributed by atoms with Gasteiger partial charge in [0, 0.05) is 12.2 Å². The van der Waals surface area contributed by atoms with Gasteiger partial charge in [0.25, 0.3) is 0 Å². The van der Waals surface area contributed by atoms with Crippen LogP contribution in [0.5, 0.6) is 5.75 Å². The second kappa shape index (κ2) is 9.87. The summed E-state index contributed by atoms with van der Waals surface area (Å²) >= 11 is 0. The average molecular weight is 344 g/mol. The maximum Gasteiger partial charge on any atom is 0.233 e. The van der Waals surface area contributed by atoms with Crippen LogP contribution in [-0.4, -0.2) is 24.5 Å². The molecule has 1 aromatic carbocycles. The molecule has 1 aromatic rings. The van der Waals surface area contributed by atoms with Crippen LogP contribution >= 0.6 is 0 Å². The lowest BCUT2D eigenvalue weighted by Crippen LogP contribution is -2.29. The Balaban J connectivity index is 1.68. The molecule has 2 rings (SSSR count). The average Bonchev–Trinajstić information content (AvgIpc) is 2.57. The molecular formula is C20H28N2O3. The van der Waals surface area contributed by atoms with Gasteiger partial charge in [0.05, 0.1) is 6.10 Å². The van der Waals surface area contributed by atoms with Crippen molar-refractivity contribution in [1.29, 1.82) is 0 Å². The van der Waals surface area contributed by atoms with Crippen LogP contribution in [0.3, 0.4) is 0 Å². The van der Waals surface area contributed by atoms with Gasteiger partial charge in [-0.2, -0.15) is 0 Å². The quantitative estimate of drug-likeness (QED) is 0.557. The van der Waals surface area contributed by atoms with Gasteiger partial charge < -0.3 is 15.4 Å². The minimum Gasteiger partial charge on any atom is -0.491 e. The van der Waals surface area contributed by atoms with Gasteiger partial charge in [0.15, 0.2) is 0 Å². The molecule has 0 fully saturated rings. The van der Waals surface area contributed by atoms with Crippen molar-refractivity contribution in [3.8, 4) is 5.75 Å². The lowest BCUT2D eigenvalue weighted by molar-refractivity contribution is -0.126. The highest BCUT2D eigenvalue weighted by Crippen LogP contribution is 2.19. The molecule has 2 amide bonds. The first-order valence-corrected chi connectivity index (χ1v) is 9.04. The van der Waals surface area contributed by atoms with Crippen molar-refractivity contribution < 1.29 is 14.3 Å². The third-order valence-electron chi connectivity index (χ3n) is 3.98. The van der Waals surface area contributed by atoms with E-state index in [-0.39, 0.29) is 24.3 Å². The molecule has 0 saturated carbocycles. The fourth-order valence-corrected chi connectivity index (χ4v) is 2.80. The Bertz CT molecular complexity index is 606. The zero-order valence-corrected chi connectivity index (χ0v) is 15.1. The first-order chi connectivity index (χ1) is 12.0. The SMILES string of the molecule is CC(C)Oc1ccc(NC(=O)CC(=O)NCCC2=CCCCC2)cc1. The number of ether oxygens (including phenoxy) is 1. The minimum atomic E-state index is -0.313. The molecular weight excluding hydrogens is 316 g/mol. The van der Waals surface area contributed by atoms with E-state index in [1.165, 1.54) is 18.4 Å². The van der Waals surface area contributed by atoms with Gasteiger partial charge in [-0.05, 0) is 70.2 Å². The second-order valence-corrected chi connectivity index (χ2v) is 6.62. The molecule has 0 aliphatic heterocycles. The van der Waals surface area contributed by atoms with Crippen molar-refractivity contribution in [1.82, 2.24) is 5.32 Å². The van der Waals surface area contributed by atoms with Gasteiger partial charge >= 0.3 is 0 Å². The number of benzene rings is 1. The van der Waals surface area contributed by atoms with Gasteiger partial charge in [-0.15, -0.1) is 0 Å². The molecule has 0 saturated heterocycles. The van der Waals surface area contributed by atoms with Crippen LogP contribution in [0.25, 0.3) is 0 Å². The zero-order valence-electron chi connectivity index (χ0n) is 15.1. The second-order valence-electron chi connectivity index (χ2n) is 6.62. The molecule has 0 heterocycles. The standard InChI is InChI=1S/C20H28N2O3/c1-15(2)25-18-10-8-17(9-11-18)22-20(24)14-19(23)21-13-12-16-6-4-3-5-7-16/h6,8-11,15H,3-5,7,12-14H2,1-2H3,(H,21,23)(H,22,24). The molecule has 5 heteroatoms. The zero-order chi connectivity index (χ0) is 18.1. The van der Waals surface area contributed by atoms with Crippen molar-refractivity contribution in [2.24, 2.45) is 0 Å². The van der Waals surface area contributed by atoms with Crippen molar-refractivity contribution in [3.05, 3.63) is 35.9 Å². The molecule has 5 nitrogen and oxygen atoms in total. The molecule has 1 aliphatic carbocycles. The number of anilines is 1. The van der Waals surface area contributed by atoms with E-state index in [2.05, 4.69) is 16.7 Å². The summed E-state index contributed by atoms with van der Waals surface area (Å²) in [6.45, 7) is 4.51. The number of nitrogens with one attached hydrogen (secondary N) is 2. The summed E-state index contributed by atoms with van der Waals surface area (Å²) in [5, 5.41) is 5.54. The van der Waals surface area contributed by atoms with E-state index in [1.807, 2.05) is 13.8 Å². The summed E-state index contributed by atoms with van der Waals surface area (Å²) in [6.07, 6.45) is 7.88. The molecule has 25 heavy (non-hydrogen) atoms. The van der Waals surface area contributed by atoms with Crippen LogP contribution in [0.15, 0.2) is 35.9 Å². The lowest BCUT2D eigenvalue weighted by atomic mass is 9.97. The Morgan fingerprint density at radius 3 is 2.52 bits per heavy atom. The number of carbonyl (C=O) groups is 2. The van der Waals surface area contributed by atoms with E-state index in [0.29, 0.717) is 12.2 Å². The van der Waals surface area contributed by atoms with Crippen LogP contribution in [0, 0.1) is 0 Å². The Hall–Kier alpha value is -2.30. The Kier molecular flexibility index (Phi) is 7.51. The molecule has 0 aromatic heterocycles. The van der Waals surface area contributed by atoms with Crippen LogP contribution in [0.2, 0.25) is 0 Å². The summed E-state index contributed by atoms with van der Waals surface area (Å²) < 4.78 is 5.55. The number of carbonyl (C=O) groups excluding carboxylic acids is 2. The fraction of sp³-hybridized carbons (Fsp3) is 0.500. The first kappa shape index (κ1) is 19.0. The highest BCUT2D eigenvalue weighted by atomic mass is 16.5. The monoisotopic (exact) mass is 344 g/mol. The predicted octanol–water partition coefficient (Wildman–Crippen LogP) is 3.81. The smallest absolute Gasteiger partial charge is 0.233 e. The van der Waals surface area contributed by atoms with Gasteiger partial charge in [0.1, 0.15) is 12.2 Å². The minimum absolute atomic E-state index is 0.105. The number of hydrogen-bond donors (Lipinski definition) is 2. The highest BCUT2D eigenvalue weighted by Gasteiger charge is 2.10. The van der Waals surface area contributed by atoms with Crippen LogP contribution in [0.4, 0.5) is 5.69 Å². The normalized spacial score (nSPS) is 14.0. The molecule has 1 aliphatic rings. The van der Waals surface area contributed by atoms with Crippen LogP contribution in [-0.2, 0) is 9.59 Å². The topological polar surface area (TPSA) is 67.4 Å². The number of rotatable bonds is 8. The molecule has 0 spiro atoms.